The molecule has 2 rings (SSSR count). The lowest BCUT2D eigenvalue weighted by molar-refractivity contribution is -0.0498. The van der Waals surface area contributed by atoms with Gasteiger partial charge >= 0.3 is 12.7 Å². The Labute approximate surface area is 144 Å². The summed E-state index contributed by atoms with van der Waals surface area (Å²) in [5, 5.41) is 2.59. The van der Waals surface area contributed by atoms with Gasteiger partial charge < -0.3 is 14.8 Å². The maximum atomic E-state index is 12.1. The van der Waals surface area contributed by atoms with Gasteiger partial charge in [-0.1, -0.05) is 48.2 Å². The number of alkyl halides is 2. The first-order valence-electron chi connectivity index (χ1n) is 7.62. The lowest BCUT2D eigenvalue weighted by atomic mass is 10.2. The van der Waals surface area contributed by atoms with Crippen LogP contribution in [0.15, 0.2) is 54.6 Å². The van der Waals surface area contributed by atoms with E-state index in [1.165, 1.54) is 12.1 Å². The number of hydrogen-bond donors (Lipinski definition) is 1. The molecule has 0 spiro atoms. The van der Waals surface area contributed by atoms with Crippen molar-refractivity contribution in [1.82, 2.24) is 5.32 Å². The van der Waals surface area contributed by atoms with Crippen molar-refractivity contribution >= 4 is 6.09 Å². The second kappa shape index (κ2) is 9.93. The number of rotatable bonds is 6. The van der Waals surface area contributed by atoms with E-state index in [9.17, 15) is 13.6 Å². The maximum Gasteiger partial charge on any atom is 0.407 e. The van der Waals surface area contributed by atoms with Gasteiger partial charge in [-0.15, -0.1) is 0 Å². The first kappa shape index (κ1) is 18.3. The molecule has 0 unspecified atom stereocenters. The van der Waals surface area contributed by atoms with Crippen LogP contribution in [0.2, 0.25) is 0 Å². The van der Waals surface area contributed by atoms with E-state index in [-0.39, 0.29) is 12.4 Å². The van der Waals surface area contributed by atoms with Crippen molar-refractivity contribution in [2.75, 3.05) is 6.54 Å². The van der Waals surface area contributed by atoms with Crippen LogP contribution in [0.1, 0.15) is 17.5 Å². The number of alkyl carbamates (subject to hydrolysis) is 1. The zero-order chi connectivity index (χ0) is 17.9. The Kier molecular flexibility index (Phi) is 7.26. The van der Waals surface area contributed by atoms with Crippen LogP contribution in [-0.4, -0.2) is 19.2 Å². The molecular formula is C19H17F2NO3. The molecule has 2 aromatic rings. The summed E-state index contributed by atoms with van der Waals surface area (Å²) in [5.41, 5.74) is 1.47. The second-order valence-electron chi connectivity index (χ2n) is 4.95. The molecule has 1 N–H and O–H groups in total. The van der Waals surface area contributed by atoms with Gasteiger partial charge in [0.25, 0.3) is 0 Å². The Hall–Kier alpha value is -3.07. The van der Waals surface area contributed by atoms with E-state index >= 15 is 0 Å². The van der Waals surface area contributed by atoms with Crippen molar-refractivity contribution in [3.63, 3.8) is 0 Å². The SMILES string of the molecule is O=C(NCCC#Cc1cccc(OC(F)F)c1)OCc1ccccc1. The van der Waals surface area contributed by atoms with Crippen molar-refractivity contribution in [3.8, 4) is 17.6 Å². The minimum absolute atomic E-state index is 0.0596. The molecule has 0 aliphatic carbocycles. The van der Waals surface area contributed by atoms with E-state index in [2.05, 4.69) is 21.9 Å². The third-order valence-corrected chi connectivity index (χ3v) is 3.02. The van der Waals surface area contributed by atoms with Gasteiger partial charge in [0.1, 0.15) is 12.4 Å². The minimum atomic E-state index is -2.87. The third kappa shape index (κ3) is 7.36. The maximum absolute atomic E-state index is 12.1. The molecule has 0 bridgehead atoms. The predicted octanol–water partition coefficient (Wildman–Crippen LogP) is 3.96. The highest BCUT2D eigenvalue weighted by Crippen LogP contribution is 2.15. The van der Waals surface area contributed by atoms with Gasteiger partial charge in [0.15, 0.2) is 0 Å². The van der Waals surface area contributed by atoms with Gasteiger partial charge in [-0.05, 0) is 23.8 Å². The topological polar surface area (TPSA) is 47.6 Å². The van der Waals surface area contributed by atoms with Crippen LogP contribution >= 0.6 is 0 Å². The third-order valence-electron chi connectivity index (χ3n) is 3.02. The molecule has 0 saturated carbocycles. The zero-order valence-electron chi connectivity index (χ0n) is 13.4. The van der Waals surface area contributed by atoms with Crippen molar-refractivity contribution in [2.24, 2.45) is 0 Å². The Morgan fingerprint density at radius 2 is 1.92 bits per heavy atom. The number of halogens is 2. The van der Waals surface area contributed by atoms with Gasteiger partial charge in [0, 0.05) is 18.5 Å². The van der Waals surface area contributed by atoms with Crippen molar-refractivity contribution < 1.29 is 23.0 Å². The molecule has 0 radical (unpaired) electrons. The van der Waals surface area contributed by atoms with Gasteiger partial charge in [0.2, 0.25) is 0 Å². The van der Waals surface area contributed by atoms with E-state index in [1.807, 2.05) is 30.3 Å². The summed E-state index contributed by atoms with van der Waals surface area (Å²) < 4.78 is 33.6. The molecule has 4 nitrogen and oxygen atoms in total. The molecule has 0 aliphatic rings. The minimum Gasteiger partial charge on any atom is -0.445 e. The number of amides is 1. The molecule has 130 valence electrons. The van der Waals surface area contributed by atoms with E-state index in [4.69, 9.17) is 4.74 Å². The van der Waals surface area contributed by atoms with Crippen LogP contribution in [0.4, 0.5) is 13.6 Å². The molecule has 0 fully saturated rings. The summed E-state index contributed by atoms with van der Waals surface area (Å²) in [7, 11) is 0. The van der Waals surface area contributed by atoms with Gasteiger partial charge in [-0.3, -0.25) is 0 Å². The van der Waals surface area contributed by atoms with E-state index in [0.717, 1.165) is 5.56 Å². The lowest BCUT2D eigenvalue weighted by Crippen LogP contribution is -2.24. The normalized spacial score (nSPS) is 9.88. The zero-order valence-corrected chi connectivity index (χ0v) is 13.4. The number of ether oxygens (including phenoxy) is 2. The number of hydrogen-bond acceptors (Lipinski definition) is 3. The summed E-state index contributed by atoms with van der Waals surface area (Å²) >= 11 is 0. The molecule has 6 heteroatoms. The fourth-order valence-corrected chi connectivity index (χ4v) is 1.92. The van der Waals surface area contributed by atoms with Crippen LogP contribution in [-0.2, 0) is 11.3 Å². The van der Waals surface area contributed by atoms with Crippen LogP contribution < -0.4 is 10.1 Å². The highest BCUT2D eigenvalue weighted by atomic mass is 19.3. The van der Waals surface area contributed by atoms with Crippen molar-refractivity contribution in [1.29, 1.82) is 0 Å². The van der Waals surface area contributed by atoms with Crippen LogP contribution in [0.3, 0.4) is 0 Å². The van der Waals surface area contributed by atoms with Gasteiger partial charge in [0.05, 0.1) is 0 Å². The number of nitrogens with one attached hydrogen (secondary N) is 1. The standard InChI is InChI=1S/C19H17F2NO3/c20-18(21)25-17-11-6-10-15(13-17)7-4-5-12-22-19(23)24-14-16-8-2-1-3-9-16/h1-3,6,8-11,13,18H,5,12,14H2,(H,22,23). The average Bonchev–Trinajstić information content (AvgIpc) is 2.60. The molecule has 1 amide bonds. The highest BCUT2D eigenvalue weighted by Gasteiger charge is 2.03. The molecule has 0 aromatic heterocycles. The van der Waals surface area contributed by atoms with Crippen LogP contribution in [0.25, 0.3) is 0 Å². The summed E-state index contributed by atoms with van der Waals surface area (Å²) in [6.45, 7) is -2.34. The van der Waals surface area contributed by atoms with E-state index in [0.29, 0.717) is 18.5 Å². The molecule has 0 heterocycles. The fourth-order valence-electron chi connectivity index (χ4n) is 1.92. The average molecular weight is 345 g/mol. The first-order chi connectivity index (χ1) is 12.1. The summed E-state index contributed by atoms with van der Waals surface area (Å²) in [6, 6.07) is 15.5. The van der Waals surface area contributed by atoms with Gasteiger partial charge in [-0.2, -0.15) is 8.78 Å². The molecular weight excluding hydrogens is 328 g/mol. The monoisotopic (exact) mass is 345 g/mol. The van der Waals surface area contributed by atoms with E-state index in [1.54, 1.807) is 12.1 Å². The summed E-state index contributed by atoms with van der Waals surface area (Å²) in [6.07, 6.45) is -0.113. The molecule has 2 aromatic carbocycles. The molecule has 0 aliphatic heterocycles. The molecule has 25 heavy (non-hydrogen) atoms. The molecule has 0 saturated heterocycles. The highest BCUT2D eigenvalue weighted by molar-refractivity contribution is 5.67. The van der Waals surface area contributed by atoms with Crippen molar-refractivity contribution in [3.05, 3.63) is 65.7 Å². The Morgan fingerprint density at radius 1 is 1.12 bits per heavy atom. The van der Waals surface area contributed by atoms with Crippen LogP contribution in [0.5, 0.6) is 5.75 Å². The van der Waals surface area contributed by atoms with E-state index < -0.39 is 12.7 Å². The Morgan fingerprint density at radius 3 is 2.68 bits per heavy atom. The van der Waals surface area contributed by atoms with Gasteiger partial charge in [-0.25, -0.2) is 4.79 Å². The van der Waals surface area contributed by atoms with Crippen LogP contribution in [0, 0.1) is 11.8 Å². The first-order valence-corrected chi connectivity index (χ1v) is 7.62. The summed E-state index contributed by atoms with van der Waals surface area (Å²) in [4.78, 5) is 11.5. The Balaban J connectivity index is 1.69. The predicted molar refractivity (Wildman–Crippen MR) is 89.2 cm³/mol. The quantitative estimate of drug-likeness (QED) is 0.637. The summed E-state index contributed by atoms with van der Waals surface area (Å²) in [5.74, 6) is 5.73. The second-order valence-corrected chi connectivity index (χ2v) is 4.95. The lowest BCUT2D eigenvalue weighted by Gasteiger charge is -2.05. The fraction of sp³-hybridized carbons (Fsp3) is 0.211. The number of carbonyl (C=O) groups is 1. The molecule has 0 atom stereocenters. The smallest absolute Gasteiger partial charge is 0.407 e. The number of benzene rings is 2. The Bertz CT molecular complexity index is 739. The van der Waals surface area contributed by atoms with Crippen molar-refractivity contribution in [2.45, 2.75) is 19.6 Å². The largest absolute Gasteiger partial charge is 0.445 e. The number of carbonyl (C=O) groups excluding carboxylic acids is 1.